The van der Waals surface area contributed by atoms with Crippen LogP contribution in [-0.2, 0) is 14.2 Å². The maximum Gasteiger partial charge on any atom is 0.262 e. The molecule has 0 bridgehead atoms. The molecule has 1 aromatic rings. The van der Waals surface area contributed by atoms with Crippen molar-refractivity contribution in [1.82, 2.24) is 9.97 Å². The highest BCUT2D eigenvalue weighted by molar-refractivity contribution is 5.83. The zero-order valence-electron chi connectivity index (χ0n) is 12.1. The van der Waals surface area contributed by atoms with Gasteiger partial charge in [-0.3, -0.25) is 4.79 Å². The highest BCUT2D eigenvalue weighted by Gasteiger charge is 2.20. The number of aromatic amines is 1. The zero-order valence-corrected chi connectivity index (χ0v) is 12.1. The molecule has 8 heteroatoms. The number of ether oxygens (including phenoxy) is 3. The van der Waals surface area contributed by atoms with E-state index in [-0.39, 0.29) is 17.4 Å². The van der Waals surface area contributed by atoms with Crippen molar-refractivity contribution in [2.45, 2.75) is 25.2 Å². The fraction of sp³-hybridized carbons (Fsp3) is 0.615. The highest BCUT2D eigenvalue weighted by Crippen LogP contribution is 2.18. The first-order valence-corrected chi connectivity index (χ1v) is 6.74. The average molecular weight is 296 g/mol. The first-order valence-electron chi connectivity index (χ1n) is 6.74. The number of rotatable bonds is 6. The van der Waals surface area contributed by atoms with Crippen LogP contribution in [0.15, 0.2) is 4.79 Å². The Morgan fingerprint density at radius 1 is 1.43 bits per heavy atom. The first kappa shape index (κ1) is 15.6. The predicted molar refractivity (Wildman–Crippen MR) is 77.0 cm³/mol. The summed E-state index contributed by atoms with van der Waals surface area (Å²) in [7, 11) is 2.93. The molecule has 0 spiro atoms. The molecular weight excluding hydrogens is 276 g/mol. The number of aromatic nitrogens is 2. The van der Waals surface area contributed by atoms with Crippen LogP contribution in [-0.4, -0.2) is 49.7 Å². The van der Waals surface area contributed by atoms with Gasteiger partial charge in [0.2, 0.25) is 6.29 Å². The minimum atomic E-state index is -0.757. The van der Waals surface area contributed by atoms with Crippen molar-refractivity contribution in [2.75, 3.05) is 32.8 Å². The molecule has 0 saturated carbocycles. The molecule has 2 heterocycles. The van der Waals surface area contributed by atoms with Crippen LogP contribution in [0.2, 0.25) is 0 Å². The van der Waals surface area contributed by atoms with E-state index in [1.807, 2.05) is 0 Å². The lowest BCUT2D eigenvalue weighted by Gasteiger charge is -2.24. The summed E-state index contributed by atoms with van der Waals surface area (Å²) < 4.78 is 15.5. The van der Waals surface area contributed by atoms with Gasteiger partial charge < -0.3 is 29.9 Å². The molecule has 116 valence electrons. The molecule has 1 saturated heterocycles. The Balaban J connectivity index is 2.32. The van der Waals surface area contributed by atoms with E-state index in [1.165, 1.54) is 14.2 Å². The summed E-state index contributed by atoms with van der Waals surface area (Å²) in [6.07, 6.45) is 1.90. The largest absolute Gasteiger partial charge is 0.381 e. The monoisotopic (exact) mass is 296 g/mol. The molecule has 0 aromatic carbocycles. The van der Waals surface area contributed by atoms with Gasteiger partial charge in [-0.2, -0.15) is 0 Å². The Hall–Kier alpha value is -1.77. The van der Waals surface area contributed by atoms with Crippen LogP contribution >= 0.6 is 0 Å². The minimum Gasteiger partial charge on any atom is -0.381 e. The summed E-state index contributed by atoms with van der Waals surface area (Å²) in [4.78, 5) is 19.0. The Morgan fingerprint density at radius 2 is 2.10 bits per heavy atom. The van der Waals surface area contributed by atoms with Crippen LogP contribution in [0, 0.1) is 5.41 Å². The average Bonchev–Trinajstić information content (AvgIpc) is 2.49. The summed E-state index contributed by atoms with van der Waals surface area (Å²) in [6, 6.07) is 0.170. The lowest BCUT2D eigenvalue weighted by Crippen LogP contribution is -2.31. The van der Waals surface area contributed by atoms with Crippen molar-refractivity contribution >= 4 is 12.0 Å². The Bertz CT molecular complexity index is 535. The Kier molecular flexibility index (Phi) is 5.43. The van der Waals surface area contributed by atoms with Crippen molar-refractivity contribution in [3.63, 3.8) is 0 Å². The molecule has 0 atom stereocenters. The molecule has 3 N–H and O–H groups in total. The fourth-order valence-electron chi connectivity index (χ4n) is 2.21. The van der Waals surface area contributed by atoms with E-state index in [0.29, 0.717) is 19.0 Å². The van der Waals surface area contributed by atoms with E-state index in [0.717, 1.165) is 19.1 Å². The lowest BCUT2D eigenvalue weighted by atomic mass is 10.1. The molecule has 0 aliphatic carbocycles. The molecule has 0 amide bonds. The van der Waals surface area contributed by atoms with Gasteiger partial charge in [-0.25, -0.2) is 4.98 Å². The molecule has 1 aromatic heterocycles. The number of anilines is 1. The van der Waals surface area contributed by atoms with Crippen molar-refractivity contribution < 1.29 is 14.2 Å². The van der Waals surface area contributed by atoms with Crippen LogP contribution in [0.1, 0.15) is 30.5 Å². The van der Waals surface area contributed by atoms with Gasteiger partial charge in [0.15, 0.2) is 5.82 Å². The molecule has 0 radical (unpaired) electrons. The predicted octanol–water partition coefficient (Wildman–Crippen LogP) is 0.650. The van der Waals surface area contributed by atoms with Crippen LogP contribution in [0.4, 0.5) is 5.82 Å². The maximum absolute atomic E-state index is 12.0. The topological polar surface area (TPSA) is 109 Å². The lowest BCUT2D eigenvalue weighted by molar-refractivity contribution is -0.111. The summed E-state index contributed by atoms with van der Waals surface area (Å²) in [6.45, 7) is 1.35. The molecule has 1 aliphatic heterocycles. The van der Waals surface area contributed by atoms with Crippen LogP contribution in [0.5, 0.6) is 0 Å². The fourth-order valence-corrected chi connectivity index (χ4v) is 2.21. The molecule has 0 unspecified atom stereocenters. The van der Waals surface area contributed by atoms with Gasteiger partial charge in [-0.15, -0.1) is 0 Å². The minimum absolute atomic E-state index is 0.170. The third-order valence-electron chi connectivity index (χ3n) is 3.33. The number of hydrogen-bond acceptors (Lipinski definition) is 7. The summed E-state index contributed by atoms with van der Waals surface area (Å²) in [5, 5.41) is 10.6. The molecule has 21 heavy (non-hydrogen) atoms. The van der Waals surface area contributed by atoms with Gasteiger partial charge in [0, 0.05) is 39.7 Å². The van der Waals surface area contributed by atoms with Crippen molar-refractivity contribution in [2.24, 2.45) is 0 Å². The van der Waals surface area contributed by atoms with Gasteiger partial charge in [-0.05, 0) is 12.8 Å². The van der Waals surface area contributed by atoms with E-state index in [4.69, 9.17) is 19.6 Å². The van der Waals surface area contributed by atoms with E-state index in [1.54, 1.807) is 0 Å². The van der Waals surface area contributed by atoms with E-state index >= 15 is 0 Å². The van der Waals surface area contributed by atoms with Gasteiger partial charge in [0.25, 0.3) is 5.56 Å². The number of hydrogen-bond donors (Lipinski definition) is 3. The third kappa shape index (κ3) is 3.66. The summed E-state index contributed by atoms with van der Waals surface area (Å²) >= 11 is 0. The van der Waals surface area contributed by atoms with Crippen LogP contribution < -0.4 is 10.9 Å². The van der Waals surface area contributed by atoms with Gasteiger partial charge in [0.1, 0.15) is 5.82 Å². The summed E-state index contributed by atoms with van der Waals surface area (Å²) in [5.74, 6) is 0.639. The quantitative estimate of drug-likeness (QED) is 0.525. The Labute approximate surface area is 122 Å². The molecular formula is C13H20N4O4. The van der Waals surface area contributed by atoms with Gasteiger partial charge in [0.05, 0.1) is 5.56 Å². The van der Waals surface area contributed by atoms with Crippen molar-refractivity contribution in [1.29, 1.82) is 5.41 Å². The second kappa shape index (κ2) is 7.30. The second-order valence-electron chi connectivity index (χ2n) is 4.69. The highest BCUT2D eigenvalue weighted by atomic mass is 16.7. The Morgan fingerprint density at radius 3 is 2.67 bits per heavy atom. The second-order valence-corrected chi connectivity index (χ2v) is 4.69. The smallest absolute Gasteiger partial charge is 0.262 e. The number of nitrogens with one attached hydrogen (secondary N) is 3. The number of H-pyrrole nitrogens is 1. The van der Waals surface area contributed by atoms with E-state index in [9.17, 15) is 4.79 Å². The van der Waals surface area contributed by atoms with Gasteiger partial charge >= 0.3 is 0 Å². The summed E-state index contributed by atoms with van der Waals surface area (Å²) in [5.41, 5.74) is -0.208. The maximum atomic E-state index is 12.0. The van der Waals surface area contributed by atoms with Crippen LogP contribution in [0.3, 0.4) is 0 Å². The molecule has 1 fully saturated rings. The van der Waals surface area contributed by atoms with Crippen molar-refractivity contribution in [3.8, 4) is 0 Å². The van der Waals surface area contributed by atoms with E-state index < -0.39 is 11.8 Å². The number of methoxy groups -OCH3 is 2. The molecule has 8 nitrogen and oxygen atoms in total. The van der Waals surface area contributed by atoms with Gasteiger partial charge in [-0.1, -0.05) is 0 Å². The normalized spacial score (nSPS) is 16.1. The molecule has 1 aliphatic rings. The molecule has 2 rings (SSSR count). The zero-order chi connectivity index (χ0) is 15.2. The van der Waals surface area contributed by atoms with Crippen molar-refractivity contribution in [3.05, 3.63) is 21.7 Å². The SMILES string of the molecule is COC(OC)c1nc(NC2CCOCC2)c(C=N)c(=O)[nH]1. The third-order valence-corrected chi connectivity index (χ3v) is 3.33. The first-order chi connectivity index (χ1) is 10.2. The number of nitrogens with zero attached hydrogens (tertiary/aromatic N) is 1. The standard InChI is InChI=1S/C13H20N4O4/c1-19-13(20-2)11-16-10(9(7-14)12(18)17-11)15-8-3-5-21-6-4-8/h7-8,13-14H,3-6H2,1-2H3,(H2,15,16,17,18). The van der Waals surface area contributed by atoms with Crippen LogP contribution in [0.25, 0.3) is 0 Å². The van der Waals surface area contributed by atoms with E-state index in [2.05, 4.69) is 15.3 Å².